The van der Waals surface area contributed by atoms with Gasteiger partial charge in [-0.25, -0.2) is 4.39 Å². The third kappa shape index (κ3) is 2.80. The lowest BCUT2D eigenvalue weighted by Gasteiger charge is -2.18. The minimum atomic E-state index is -0.494. The fourth-order valence-corrected chi connectivity index (χ4v) is 3.00. The first kappa shape index (κ1) is 13.8. The third-order valence-electron chi connectivity index (χ3n) is 3.30. The van der Waals surface area contributed by atoms with Crippen molar-refractivity contribution in [1.82, 2.24) is 0 Å². The van der Waals surface area contributed by atoms with Crippen LogP contribution in [0.4, 0.5) is 15.8 Å². The number of rotatable bonds is 2. The predicted molar refractivity (Wildman–Crippen MR) is 80.4 cm³/mol. The molecule has 1 aromatic carbocycles. The minimum Gasteiger partial charge on any atom is -0.326 e. The molecule has 21 heavy (non-hydrogen) atoms. The largest absolute Gasteiger partial charge is 0.326 e. The summed E-state index contributed by atoms with van der Waals surface area (Å²) >= 11 is 1.35. The maximum absolute atomic E-state index is 14.0. The van der Waals surface area contributed by atoms with Crippen molar-refractivity contribution in [1.29, 1.82) is 0 Å². The van der Waals surface area contributed by atoms with Crippen LogP contribution in [0.15, 0.2) is 24.3 Å². The number of halogens is 1. The Morgan fingerprint density at radius 3 is 2.86 bits per heavy atom. The number of hydrogen-bond donors (Lipinski definition) is 2. The Labute approximate surface area is 125 Å². The molecule has 1 aliphatic rings. The monoisotopic (exact) mass is 304 g/mol. The number of carbonyl (C=O) groups is 2. The van der Waals surface area contributed by atoms with E-state index in [4.69, 9.17) is 0 Å². The third-order valence-corrected chi connectivity index (χ3v) is 4.30. The van der Waals surface area contributed by atoms with Gasteiger partial charge in [0.15, 0.2) is 0 Å². The van der Waals surface area contributed by atoms with Crippen molar-refractivity contribution in [2.45, 2.75) is 19.8 Å². The average molecular weight is 304 g/mol. The summed E-state index contributed by atoms with van der Waals surface area (Å²) in [5.74, 6) is -0.944. The maximum atomic E-state index is 14.0. The number of thiophene rings is 1. The molecule has 108 valence electrons. The van der Waals surface area contributed by atoms with Crippen molar-refractivity contribution in [2.75, 3.05) is 10.6 Å². The summed E-state index contributed by atoms with van der Waals surface area (Å²) in [7, 11) is 0. The van der Waals surface area contributed by atoms with Crippen LogP contribution in [0.1, 0.15) is 26.5 Å². The van der Waals surface area contributed by atoms with Crippen LogP contribution in [0, 0.1) is 12.7 Å². The lowest BCUT2D eigenvalue weighted by molar-refractivity contribution is -0.116. The first-order chi connectivity index (χ1) is 10.0. The van der Waals surface area contributed by atoms with Crippen molar-refractivity contribution >= 4 is 34.5 Å². The average Bonchev–Trinajstić information content (AvgIpc) is 2.87. The van der Waals surface area contributed by atoms with Gasteiger partial charge in [-0.05, 0) is 43.2 Å². The zero-order valence-electron chi connectivity index (χ0n) is 11.3. The van der Waals surface area contributed by atoms with E-state index in [1.54, 1.807) is 6.07 Å². The number of anilines is 2. The Hall–Kier alpha value is -2.21. The molecule has 6 heteroatoms. The van der Waals surface area contributed by atoms with Crippen LogP contribution in [0.3, 0.4) is 0 Å². The Balaban J connectivity index is 1.87. The van der Waals surface area contributed by atoms with Gasteiger partial charge in [0.1, 0.15) is 5.82 Å². The van der Waals surface area contributed by atoms with E-state index in [1.165, 1.54) is 23.5 Å². The highest BCUT2D eigenvalue weighted by Gasteiger charge is 2.19. The number of benzene rings is 1. The van der Waals surface area contributed by atoms with Crippen molar-refractivity contribution in [3.8, 4) is 0 Å². The standard InChI is InChI=1S/C15H13FN2O2S/c1-8-2-4-13(21-8)15(20)18-12-7-11-9(6-10(12)16)3-5-14(19)17-11/h2,4,6-7H,3,5H2,1H3,(H,17,19)(H,18,20). The van der Waals surface area contributed by atoms with Crippen molar-refractivity contribution in [2.24, 2.45) is 0 Å². The number of amides is 2. The Bertz CT molecular complexity index is 739. The number of carbonyl (C=O) groups excluding carboxylic acids is 2. The van der Waals surface area contributed by atoms with Crippen molar-refractivity contribution < 1.29 is 14.0 Å². The summed E-state index contributed by atoms with van der Waals surface area (Å²) in [6, 6.07) is 6.38. The molecule has 4 nitrogen and oxygen atoms in total. The van der Waals surface area contributed by atoms with Crippen molar-refractivity contribution in [3.05, 3.63) is 45.4 Å². The van der Waals surface area contributed by atoms with Gasteiger partial charge in [0.2, 0.25) is 5.91 Å². The second-order valence-corrected chi connectivity index (χ2v) is 6.19. The van der Waals surface area contributed by atoms with Gasteiger partial charge in [0.05, 0.1) is 10.6 Å². The smallest absolute Gasteiger partial charge is 0.265 e. The predicted octanol–water partition coefficient (Wildman–Crippen LogP) is 3.33. The molecule has 2 N–H and O–H groups in total. The Morgan fingerprint density at radius 2 is 2.14 bits per heavy atom. The summed E-state index contributed by atoms with van der Waals surface area (Å²) in [6.07, 6.45) is 0.864. The van der Waals surface area contributed by atoms with E-state index in [0.717, 1.165) is 10.4 Å². The SMILES string of the molecule is Cc1ccc(C(=O)Nc2cc3c(cc2F)CCC(=O)N3)s1. The van der Waals surface area contributed by atoms with E-state index in [9.17, 15) is 14.0 Å². The van der Waals surface area contributed by atoms with Gasteiger partial charge in [0, 0.05) is 17.0 Å². The zero-order chi connectivity index (χ0) is 15.0. The summed E-state index contributed by atoms with van der Waals surface area (Å²) in [5.41, 5.74) is 1.38. The summed E-state index contributed by atoms with van der Waals surface area (Å²) in [6.45, 7) is 1.90. The van der Waals surface area contributed by atoms with Gasteiger partial charge >= 0.3 is 0 Å². The van der Waals surface area contributed by atoms with Crippen molar-refractivity contribution in [3.63, 3.8) is 0 Å². The van der Waals surface area contributed by atoms with Crippen LogP contribution < -0.4 is 10.6 Å². The molecule has 2 heterocycles. The van der Waals surface area contributed by atoms with Crippen LogP contribution >= 0.6 is 11.3 Å². The van der Waals surface area contributed by atoms with E-state index < -0.39 is 5.82 Å². The highest BCUT2D eigenvalue weighted by atomic mass is 32.1. The topological polar surface area (TPSA) is 58.2 Å². The van der Waals surface area contributed by atoms with Crippen LogP contribution in [-0.2, 0) is 11.2 Å². The molecule has 0 atom stereocenters. The number of hydrogen-bond acceptors (Lipinski definition) is 3. The molecule has 0 saturated heterocycles. The molecule has 0 bridgehead atoms. The van der Waals surface area contributed by atoms with Gasteiger partial charge in [0.25, 0.3) is 5.91 Å². The second-order valence-electron chi connectivity index (χ2n) is 4.90. The lowest BCUT2D eigenvalue weighted by atomic mass is 10.0. The highest BCUT2D eigenvalue weighted by molar-refractivity contribution is 7.14. The van der Waals surface area contributed by atoms with E-state index >= 15 is 0 Å². The fourth-order valence-electron chi connectivity index (χ4n) is 2.23. The van der Waals surface area contributed by atoms with E-state index in [1.807, 2.05) is 13.0 Å². The molecule has 3 rings (SSSR count). The molecule has 0 radical (unpaired) electrons. The Kier molecular flexibility index (Phi) is 3.47. The molecule has 0 saturated carbocycles. The van der Waals surface area contributed by atoms with Crippen LogP contribution in [0.2, 0.25) is 0 Å². The second kappa shape index (κ2) is 5.29. The van der Waals surface area contributed by atoms with Gasteiger partial charge < -0.3 is 10.6 Å². The first-order valence-electron chi connectivity index (χ1n) is 6.53. The van der Waals surface area contributed by atoms with Crippen LogP contribution in [0.25, 0.3) is 0 Å². The summed E-state index contributed by atoms with van der Waals surface area (Å²) in [5, 5.41) is 5.24. The van der Waals surface area contributed by atoms with Gasteiger partial charge in [-0.3, -0.25) is 9.59 Å². The summed E-state index contributed by atoms with van der Waals surface area (Å²) in [4.78, 5) is 25.0. The molecule has 1 aliphatic heterocycles. The van der Waals surface area contributed by atoms with E-state index in [-0.39, 0.29) is 17.5 Å². The van der Waals surface area contributed by atoms with Crippen LogP contribution in [0.5, 0.6) is 0 Å². The van der Waals surface area contributed by atoms with Gasteiger partial charge in [-0.1, -0.05) is 0 Å². The molecular formula is C15H13FN2O2S. The highest BCUT2D eigenvalue weighted by Crippen LogP contribution is 2.29. The Morgan fingerprint density at radius 1 is 1.33 bits per heavy atom. The molecular weight excluding hydrogens is 291 g/mol. The van der Waals surface area contributed by atoms with E-state index in [0.29, 0.717) is 23.4 Å². The molecule has 0 spiro atoms. The quantitative estimate of drug-likeness (QED) is 0.894. The van der Waals surface area contributed by atoms with Crippen LogP contribution in [-0.4, -0.2) is 11.8 Å². The zero-order valence-corrected chi connectivity index (χ0v) is 12.1. The molecule has 0 fully saturated rings. The number of nitrogens with one attached hydrogen (secondary N) is 2. The summed E-state index contributed by atoms with van der Waals surface area (Å²) < 4.78 is 14.0. The molecule has 0 unspecified atom stereocenters. The molecule has 0 aliphatic carbocycles. The molecule has 1 aromatic heterocycles. The number of fused-ring (bicyclic) bond motifs is 1. The fraction of sp³-hybridized carbons (Fsp3) is 0.200. The van der Waals surface area contributed by atoms with Gasteiger partial charge in [-0.15, -0.1) is 11.3 Å². The maximum Gasteiger partial charge on any atom is 0.265 e. The minimum absolute atomic E-state index is 0.0759. The lowest BCUT2D eigenvalue weighted by Crippen LogP contribution is -2.20. The molecule has 2 amide bonds. The number of aryl methyl sites for hydroxylation is 2. The van der Waals surface area contributed by atoms with Gasteiger partial charge in [-0.2, -0.15) is 0 Å². The molecule has 2 aromatic rings. The van der Waals surface area contributed by atoms with E-state index in [2.05, 4.69) is 10.6 Å². The normalized spacial score (nSPS) is 13.5. The first-order valence-corrected chi connectivity index (χ1v) is 7.34.